The van der Waals surface area contributed by atoms with Crippen molar-refractivity contribution in [3.63, 3.8) is 0 Å². The number of esters is 1. The van der Waals surface area contributed by atoms with E-state index in [9.17, 15) is 24.5 Å². The SMILES string of the molecule is CCOC(=O)COc1c(Br)cc(/C=C/c2[nH]c(=O)[nH]c(=O)c2[N+](=O)[O-])cc1OC. The fourth-order valence-electron chi connectivity index (χ4n) is 2.29. The maximum absolute atomic E-state index is 11.7. The lowest BCUT2D eigenvalue weighted by Gasteiger charge is -2.13. The highest BCUT2D eigenvalue weighted by atomic mass is 79.9. The molecule has 2 N–H and O–H groups in total. The molecule has 0 amide bonds. The van der Waals surface area contributed by atoms with Crippen molar-refractivity contribution >= 4 is 39.7 Å². The maximum atomic E-state index is 11.7. The van der Waals surface area contributed by atoms with E-state index >= 15 is 0 Å². The first kappa shape index (κ1) is 21.9. The Morgan fingerprint density at radius 1 is 1.28 bits per heavy atom. The molecule has 0 unspecified atom stereocenters. The lowest BCUT2D eigenvalue weighted by atomic mass is 10.1. The molecular weight excluding hydrogens is 454 g/mol. The Morgan fingerprint density at radius 2 is 2.00 bits per heavy atom. The molecule has 154 valence electrons. The molecule has 0 saturated carbocycles. The summed E-state index contributed by atoms with van der Waals surface area (Å²) in [5, 5.41) is 11.1. The standard InChI is InChI=1S/C17H16BrN3O8/c1-3-28-13(22)8-29-15-10(18)6-9(7-12(15)27-2)4-5-11-14(21(25)26)16(23)20-17(24)19-11/h4-7H,3,8H2,1-2H3,(H2,19,20,23,24)/b5-4+. The Kier molecular flexibility index (Phi) is 7.31. The van der Waals surface area contributed by atoms with Gasteiger partial charge in [-0.25, -0.2) is 9.59 Å². The van der Waals surface area contributed by atoms with E-state index < -0.39 is 27.8 Å². The molecule has 2 rings (SSSR count). The van der Waals surface area contributed by atoms with Gasteiger partial charge in [0.1, 0.15) is 5.69 Å². The lowest BCUT2D eigenvalue weighted by molar-refractivity contribution is -0.386. The number of hydrogen-bond acceptors (Lipinski definition) is 8. The summed E-state index contributed by atoms with van der Waals surface area (Å²) in [7, 11) is 1.39. The second kappa shape index (κ2) is 9.68. The first-order chi connectivity index (χ1) is 13.8. The Hall–Kier alpha value is -3.41. The van der Waals surface area contributed by atoms with Gasteiger partial charge in [0.2, 0.25) is 0 Å². The topological polar surface area (TPSA) is 154 Å². The minimum atomic E-state index is -1.11. The molecule has 0 aliphatic carbocycles. The zero-order valence-electron chi connectivity index (χ0n) is 15.3. The largest absolute Gasteiger partial charge is 0.493 e. The highest BCUT2D eigenvalue weighted by Gasteiger charge is 2.19. The van der Waals surface area contributed by atoms with E-state index in [1.54, 1.807) is 24.0 Å². The summed E-state index contributed by atoms with van der Waals surface area (Å²) in [5.74, 6) is -0.0125. The highest BCUT2D eigenvalue weighted by molar-refractivity contribution is 9.10. The van der Waals surface area contributed by atoms with Crippen LogP contribution in [0.15, 0.2) is 26.2 Å². The van der Waals surface area contributed by atoms with Gasteiger partial charge in [-0.1, -0.05) is 6.08 Å². The number of halogens is 1. The third kappa shape index (κ3) is 5.54. The number of benzene rings is 1. The molecule has 0 bridgehead atoms. The molecule has 0 atom stereocenters. The van der Waals surface area contributed by atoms with Gasteiger partial charge in [-0.15, -0.1) is 0 Å². The average molecular weight is 470 g/mol. The quantitative estimate of drug-likeness (QED) is 0.337. The van der Waals surface area contributed by atoms with Gasteiger partial charge in [-0.05, 0) is 46.6 Å². The molecule has 0 radical (unpaired) electrons. The van der Waals surface area contributed by atoms with Crippen LogP contribution in [-0.2, 0) is 9.53 Å². The molecular formula is C17H16BrN3O8. The van der Waals surface area contributed by atoms with Gasteiger partial charge in [0, 0.05) is 0 Å². The molecule has 0 aliphatic rings. The van der Waals surface area contributed by atoms with Crippen molar-refractivity contribution in [1.29, 1.82) is 0 Å². The van der Waals surface area contributed by atoms with Crippen LogP contribution in [-0.4, -0.2) is 41.2 Å². The van der Waals surface area contributed by atoms with Gasteiger partial charge >= 0.3 is 22.9 Å². The average Bonchev–Trinajstić information content (AvgIpc) is 2.64. The molecule has 29 heavy (non-hydrogen) atoms. The number of rotatable bonds is 8. The van der Waals surface area contributed by atoms with E-state index in [0.29, 0.717) is 10.0 Å². The summed E-state index contributed by atoms with van der Waals surface area (Å²) < 4.78 is 15.9. The van der Waals surface area contributed by atoms with Crippen molar-refractivity contribution in [1.82, 2.24) is 9.97 Å². The first-order valence-corrected chi connectivity index (χ1v) is 8.91. The lowest BCUT2D eigenvalue weighted by Crippen LogP contribution is -2.25. The Morgan fingerprint density at radius 3 is 2.62 bits per heavy atom. The van der Waals surface area contributed by atoms with E-state index in [0.717, 1.165) is 0 Å². The fraction of sp³-hybridized carbons (Fsp3) is 0.235. The summed E-state index contributed by atoms with van der Waals surface area (Å²) >= 11 is 3.30. The number of H-pyrrole nitrogens is 2. The second-order valence-corrected chi connectivity index (χ2v) is 6.24. The normalized spacial score (nSPS) is 10.7. The van der Waals surface area contributed by atoms with E-state index in [-0.39, 0.29) is 30.4 Å². The minimum Gasteiger partial charge on any atom is -0.493 e. The molecule has 1 aromatic carbocycles. The van der Waals surface area contributed by atoms with Crippen LogP contribution >= 0.6 is 15.9 Å². The Bertz CT molecular complexity index is 1070. The van der Waals surface area contributed by atoms with Crippen LogP contribution < -0.4 is 20.7 Å². The van der Waals surface area contributed by atoms with Gasteiger partial charge in [-0.2, -0.15) is 0 Å². The van der Waals surface area contributed by atoms with E-state index in [1.165, 1.54) is 19.3 Å². The van der Waals surface area contributed by atoms with E-state index in [4.69, 9.17) is 14.2 Å². The molecule has 2 aromatic rings. The zero-order valence-corrected chi connectivity index (χ0v) is 16.9. The number of methoxy groups -OCH3 is 1. The Labute approximate surface area is 171 Å². The molecule has 0 saturated heterocycles. The number of hydrogen-bond donors (Lipinski definition) is 2. The molecule has 12 heteroatoms. The fourth-order valence-corrected chi connectivity index (χ4v) is 2.86. The van der Waals surface area contributed by atoms with Gasteiger partial charge in [0.05, 0.1) is 23.1 Å². The monoisotopic (exact) mass is 469 g/mol. The van der Waals surface area contributed by atoms with Crippen LogP contribution in [0.5, 0.6) is 11.5 Å². The van der Waals surface area contributed by atoms with E-state index in [1.807, 2.05) is 0 Å². The number of aromatic nitrogens is 2. The van der Waals surface area contributed by atoms with Crippen molar-refractivity contribution in [3.05, 3.63) is 58.8 Å². The van der Waals surface area contributed by atoms with Crippen LogP contribution in [0.3, 0.4) is 0 Å². The third-order valence-electron chi connectivity index (χ3n) is 3.46. The van der Waals surface area contributed by atoms with Gasteiger partial charge < -0.3 is 19.2 Å². The van der Waals surface area contributed by atoms with Crippen LogP contribution in [0, 0.1) is 10.1 Å². The number of ether oxygens (including phenoxy) is 3. The highest BCUT2D eigenvalue weighted by Crippen LogP contribution is 2.37. The van der Waals surface area contributed by atoms with Crippen LogP contribution in [0.4, 0.5) is 5.69 Å². The van der Waals surface area contributed by atoms with Crippen LogP contribution in [0.25, 0.3) is 12.2 Å². The second-order valence-electron chi connectivity index (χ2n) is 5.39. The maximum Gasteiger partial charge on any atom is 0.357 e. The van der Waals surface area contributed by atoms with Crippen molar-refractivity contribution < 1.29 is 23.9 Å². The van der Waals surface area contributed by atoms with Gasteiger partial charge in [0.25, 0.3) is 0 Å². The molecule has 11 nitrogen and oxygen atoms in total. The molecule has 0 aliphatic heterocycles. The summed E-state index contributed by atoms with van der Waals surface area (Å²) in [6.07, 6.45) is 2.65. The number of aromatic amines is 2. The predicted molar refractivity (Wildman–Crippen MR) is 106 cm³/mol. The smallest absolute Gasteiger partial charge is 0.357 e. The van der Waals surface area contributed by atoms with Crippen LogP contribution in [0.2, 0.25) is 0 Å². The predicted octanol–water partition coefficient (Wildman–Crippen LogP) is 1.85. The number of nitro groups is 1. The van der Waals surface area contributed by atoms with Crippen molar-refractivity contribution in [3.8, 4) is 11.5 Å². The van der Waals surface area contributed by atoms with Crippen molar-refractivity contribution in [2.75, 3.05) is 20.3 Å². The van der Waals surface area contributed by atoms with Crippen molar-refractivity contribution in [2.24, 2.45) is 0 Å². The summed E-state index contributed by atoms with van der Waals surface area (Å²) in [5.41, 5.74) is -2.53. The van der Waals surface area contributed by atoms with Gasteiger partial charge in [0.15, 0.2) is 18.1 Å². The first-order valence-electron chi connectivity index (χ1n) is 8.11. The van der Waals surface area contributed by atoms with E-state index in [2.05, 4.69) is 20.9 Å². The summed E-state index contributed by atoms with van der Waals surface area (Å²) in [6.45, 7) is 1.58. The number of nitrogens with zero attached hydrogens (tertiary/aromatic N) is 1. The summed E-state index contributed by atoms with van der Waals surface area (Å²) in [6, 6.07) is 3.13. The third-order valence-corrected chi connectivity index (χ3v) is 4.05. The van der Waals surface area contributed by atoms with Gasteiger partial charge in [-0.3, -0.25) is 19.9 Å². The summed E-state index contributed by atoms with van der Waals surface area (Å²) in [4.78, 5) is 48.7. The zero-order chi connectivity index (χ0) is 21.6. The number of carbonyl (C=O) groups excluding carboxylic acids is 1. The molecule has 1 heterocycles. The number of carbonyl (C=O) groups is 1. The molecule has 0 spiro atoms. The molecule has 1 aromatic heterocycles. The molecule has 0 fully saturated rings. The Balaban J connectivity index is 2.37. The minimum absolute atomic E-state index is 0.223. The number of nitrogens with one attached hydrogen (secondary N) is 2. The van der Waals surface area contributed by atoms with Crippen LogP contribution in [0.1, 0.15) is 18.2 Å². The van der Waals surface area contributed by atoms with Crippen molar-refractivity contribution in [2.45, 2.75) is 6.92 Å².